The van der Waals surface area contributed by atoms with Crippen LogP contribution in [0.4, 0.5) is 0 Å². The molecule has 3 nitrogen and oxygen atoms in total. The van der Waals surface area contributed by atoms with Crippen molar-refractivity contribution in [2.24, 2.45) is 0 Å². The molecule has 0 aliphatic heterocycles. The Balaban J connectivity index is 0. The monoisotopic (exact) mass is 94.0 g/mol. The molecule has 0 aromatic rings. The van der Waals surface area contributed by atoms with Crippen molar-refractivity contribution in [3.05, 3.63) is 0 Å². The first-order chi connectivity index (χ1) is 0. The van der Waals surface area contributed by atoms with Gasteiger partial charge in [0.15, 0.2) is 0 Å². The van der Waals surface area contributed by atoms with E-state index in [2.05, 4.69) is 0 Å². The van der Waals surface area contributed by atoms with Gasteiger partial charge in [-0.2, -0.15) is 0 Å². The average Bonchev–Trinajstić information content (AvgIpc) is 0. The SMILES string of the molecule is O.O.O.[KH]. The molecule has 0 bridgehead atoms. The molecule has 6 N–H and O–H groups in total. The molecule has 0 atom stereocenters. The molecule has 0 aromatic heterocycles. The summed E-state index contributed by atoms with van der Waals surface area (Å²) < 4.78 is 0. The van der Waals surface area contributed by atoms with Crippen LogP contribution in [-0.2, 0) is 0 Å². The van der Waals surface area contributed by atoms with E-state index in [4.69, 9.17) is 0 Å². The average molecular weight is 94.2 g/mol. The van der Waals surface area contributed by atoms with Gasteiger partial charge in [-0.05, 0) is 0 Å². The minimum absolute atomic E-state index is 0. The van der Waals surface area contributed by atoms with Gasteiger partial charge >= 0.3 is 51.4 Å². The van der Waals surface area contributed by atoms with Crippen molar-refractivity contribution in [1.29, 1.82) is 0 Å². The third-order valence-corrected chi connectivity index (χ3v) is 0. The van der Waals surface area contributed by atoms with Crippen LogP contribution in [0.15, 0.2) is 0 Å². The molecule has 0 saturated carbocycles. The molecule has 0 aromatic carbocycles. The summed E-state index contributed by atoms with van der Waals surface area (Å²) in [7, 11) is 0. The topological polar surface area (TPSA) is 94.5 Å². The van der Waals surface area contributed by atoms with Crippen molar-refractivity contribution in [2.45, 2.75) is 0 Å². The van der Waals surface area contributed by atoms with Crippen LogP contribution in [0, 0.1) is 0 Å². The first-order valence-electron chi connectivity index (χ1n) is 0. The van der Waals surface area contributed by atoms with E-state index in [1.165, 1.54) is 0 Å². The molecule has 0 aliphatic rings. The Morgan fingerprint density at radius 3 is 0.500 bits per heavy atom. The maximum absolute atomic E-state index is 0. The number of rotatable bonds is 0. The van der Waals surface area contributed by atoms with Crippen LogP contribution in [0.3, 0.4) is 0 Å². The van der Waals surface area contributed by atoms with Crippen LogP contribution in [0.2, 0.25) is 0 Å². The Labute approximate surface area is 66.7 Å². The molecular formula is H7KO3. The summed E-state index contributed by atoms with van der Waals surface area (Å²) in [4.78, 5) is 0. The van der Waals surface area contributed by atoms with Crippen LogP contribution < -0.4 is 0 Å². The van der Waals surface area contributed by atoms with Crippen LogP contribution in [0.5, 0.6) is 0 Å². The Hall–Kier alpha value is 1.52. The van der Waals surface area contributed by atoms with Gasteiger partial charge < -0.3 is 16.4 Å². The van der Waals surface area contributed by atoms with E-state index < -0.39 is 0 Å². The van der Waals surface area contributed by atoms with Gasteiger partial charge in [-0.1, -0.05) is 0 Å². The van der Waals surface area contributed by atoms with Gasteiger partial charge in [0.1, 0.15) is 0 Å². The molecule has 0 spiro atoms. The van der Waals surface area contributed by atoms with Gasteiger partial charge in [-0.3, -0.25) is 0 Å². The molecule has 26 valence electrons. The van der Waals surface area contributed by atoms with Crippen molar-refractivity contribution in [1.82, 2.24) is 0 Å². The molecule has 0 amide bonds. The number of hydrogen-bond acceptors (Lipinski definition) is 0. The Kier molecular flexibility index (Phi) is 297. The molecule has 4 heteroatoms. The van der Waals surface area contributed by atoms with E-state index in [1.807, 2.05) is 0 Å². The van der Waals surface area contributed by atoms with E-state index in [9.17, 15) is 0 Å². The van der Waals surface area contributed by atoms with Crippen molar-refractivity contribution in [2.75, 3.05) is 0 Å². The normalized spacial score (nSPS) is 0. The van der Waals surface area contributed by atoms with Crippen molar-refractivity contribution in [3.8, 4) is 0 Å². The van der Waals surface area contributed by atoms with E-state index >= 15 is 0 Å². The predicted octanol–water partition coefficient (Wildman–Crippen LogP) is -3.12. The molecule has 0 heterocycles. The van der Waals surface area contributed by atoms with Gasteiger partial charge in [0.25, 0.3) is 0 Å². The Morgan fingerprint density at radius 1 is 0.500 bits per heavy atom. The molecular weight excluding hydrogens is 87.1 g/mol. The second-order valence-corrected chi connectivity index (χ2v) is 0. The van der Waals surface area contributed by atoms with Crippen LogP contribution in [-0.4, -0.2) is 67.8 Å². The van der Waals surface area contributed by atoms with E-state index in [-0.39, 0.29) is 67.8 Å². The maximum atomic E-state index is 0. The Bertz CT molecular complexity index is 3.25. The van der Waals surface area contributed by atoms with E-state index in [0.717, 1.165) is 0 Å². The van der Waals surface area contributed by atoms with Gasteiger partial charge in [0.2, 0.25) is 0 Å². The van der Waals surface area contributed by atoms with Crippen LogP contribution in [0.1, 0.15) is 0 Å². The second-order valence-electron chi connectivity index (χ2n) is 0. The summed E-state index contributed by atoms with van der Waals surface area (Å²) in [5, 5.41) is 0. The predicted molar refractivity (Wildman–Crippen MR) is 18.0 cm³/mol. The first-order valence-corrected chi connectivity index (χ1v) is 0. The fraction of sp³-hybridized carbons (Fsp3) is 0. The third-order valence-electron chi connectivity index (χ3n) is 0. The zero-order valence-corrected chi connectivity index (χ0v) is 1.50. The third kappa shape index (κ3) is 9.68. The van der Waals surface area contributed by atoms with E-state index in [0.29, 0.717) is 0 Å². The van der Waals surface area contributed by atoms with Crippen molar-refractivity contribution in [3.63, 3.8) is 0 Å². The number of hydrogen-bond donors (Lipinski definition) is 0. The molecule has 4 heavy (non-hydrogen) atoms. The summed E-state index contributed by atoms with van der Waals surface area (Å²) in [5.41, 5.74) is 0. The second kappa shape index (κ2) is 24.3. The summed E-state index contributed by atoms with van der Waals surface area (Å²) in [6, 6.07) is 0. The van der Waals surface area contributed by atoms with E-state index in [1.54, 1.807) is 0 Å². The molecule has 0 unspecified atom stereocenters. The standard InChI is InChI=1S/K.3H2O.H/h;3*1H2;. The van der Waals surface area contributed by atoms with Crippen LogP contribution >= 0.6 is 0 Å². The summed E-state index contributed by atoms with van der Waals surface area (Å²) in [6.07, 6.45) is 0. The fourth-order valence-corrected chi connectivity index (χ4v) is 0. The fourth-order valence-electron chi connectivity index (χ4n) is 0. The Morgan fingerprint density at radius 2 is 0.500 bits per heavy atom. The van der Waals surface area contributed by atoms with Crippen molar-refractivity contribution < 1.29 is 16.4 Å². The van der Waals surface area contributed by atoms with Gasteiger partial charge in [-0.25, -0.2) is 0 Å². The first kappa shape index (κ1) is 48.9. The van der Waals surface area contributed by atoms with Gasteiger partial charge in [0, 0.05) is 0 Å². The van der Waals surface area contributed by atoms with Crippen LogP contribution in [0.25, 0.3) is 0 Å². The quantitative estimate of drug-likeness (QED) is 0.284. The summed E-state index contributed by atoms with van der Waals surface area (Å²) in [5.74, 6) is 0. The van der Waals surface area contributed by atoms with Crippen molar-refractivity contribution >= 4 is 51.4 Å². The summed E-state index contributed by atoms with van der Waals surface area (Å²) >= 11 is 0. The molecule has 0 radical (unpaired) electrons. The van der Waals surface area contributed by atoms with Gasteiger partial charge in [0.05, 0.1) is 0 Å². The molecule has 0 rings (SSSR count). The zero-order valence-electron chi connectivity index (χ0n) is 1.50. The zero-order chi connectivity index (χ0) is 0. The molecule has 0 aliphatic carbocycles. The van der Waals surface area contributed by atoms with Gasteiger partial charge in [-0.15, -0.1) is 0 Å². The summed E-state index contributed by atoms with van der Waals surface area (Å²) in [6.45, 7) is 0. The molecule has 0 fully saturated rings. The minimum atomic E-state index is 0. The molecule has 0 saturated heterocycles.